The molecule has 1 aliphatic carbocycles. The van der Waals surface area contributed by atoms with Gasteiger partial charge in [0.1, 0.15) is 5.54 Å². The van der Waals surface area contributed by atoms with Gasteiger partial charge in [0.2, 0.25) is 11.8 Å². The Morgan fingerprint density at radius 1 is 1.11 bits per heavy atom. The summed E-state index contributed by atoms with van der Waals surface area (Å²) in [5.41, 5.74) is 1.29. The molecule has 36 heavy (non-hydrogen) atoms. The first-order chi connectivity index (χ1) is 17.4. The number of carbonyl (C=O) groups excluding carboxylic acids is 2. The van der Waals surface area contributed by atoms with Crippen LogP contribution in [0, 0.1) is 23.2 Å². The number of hydrogen-bond acceptors (Lipinski definition) is 4. The van der Waals surface area contributed by atoms with Crippen molar-refractivity contribution in [2.45, 2.75) is 63.3 Å². The normalized spacial score (nSPS) is 20.8. The van der Waals surface area contributed by atoms with Crippen LogP contribution in [-0.4, -0.2) is 53.1 Å². The van der Waals surface area contributed by atoms with Crippen LogP contribution in [0.15, 0.2) is 53.7 Å². The van der Waals surface area contributed by atoms with E-state index in [2.05, 4.69) is 26.3 Å². The fourth-order valence-corrected chi connectivity index (χ4v) is 5.88. The maximum atomic E-state index is 14.4. The molecule has 1 aromatic carbocycles. The van der Waals surface area contributed by atoms with Crippen LogP contribution in [0.1, 0.15) is 69.0 Å². The van der Waals surface area contributed by atoms with Crippen molar-refractivity contribution < 1.29 is 9.59 Å². The first-order valence-corrected chi connectivity index (χ1v) is 13.1. The maximum absolute atomic E-state index is 14.4. The van der Waals surface area contributed by atoms with Gasteiger partial charge >= 0.3 is 0 Å². The van der Waals surface area contributed by atoms with Crippen molar-refractivity contribution in [1.29, 1.82) is 5.26 Å². The monoisotopic (exact) mass is 487 g/mol. The van der Waals surface area contributed by atoms with Crippen LogP contribution in [0.3, 0.4) is 0 Å². The van der Waals surface area contributed by atoms with E-state index >= 15 is 0 Å². The minimum atomic E-state index is -0.924. The largest absolute Gasteiger partial charge is 0.365 e. The molecule has 1 aromatic heterocycles. The molecule has 0 spiro atoms. The molecule has 1 saturated heterocycles. The molecule has 2 aliphatic rings. The number of piperidine rings is 1. The molecule has 2 atom stereocenters. The zero-order valence-corrected chi connectivity index (χ0v) is 21.4. The van der Waals surface area contributed by atoms with E-state index in [-0.39, 0.29) is 23.7 Å². The van der Waals surface area contributed by atoms with Crippen LogP contribution >= 0.6 is 0 Å². The van der Waals surface area contributed by atoms with Crippen molar-refractivity contribution in [1.82, 2.24) is 15.2 Å². The minimum Gasteiger partial charge on any atom is -0.365 e. The van der Waals surface area contributed by atoms with E-state index in [0.717, 1.165) is 50.0 Å². The number of aliphatic imine (C=N–C) groups is 1. The van der Waals surface area contributed by atoms with E-state index in [1.807, 2.05) is 55.7 Å². The molecule has 2 aromatic rings. The molecule has 1 aliphatic heterocycles. The Hall–Kier alpha value is -3.24. The van der Waals surface area contributed by atoms with Crippen molar-refractivity contribution in [3.8, 4) is 6.07 Å². The van der Waals surface area contributed by atoms with Crippen LogP contribution in [0.4, 0.5) is 0 Å². The lowest BCUT2D eigenvalue weighted by molar-refractivity contribution is -0.126. The van der Waals surface area contributed by atoms with Gasteiger partial charge in [0.05, 0.1) is 17.7 Å². The van der Waals surface area contributed by atoms with Gasteiger partial charge in [-0.25, -0.2) is 4.99 Å². The summed E-state index contributed by atoms with van der Waals surface area (Å²) in [4.78, 5) is 36.8. The molecular weight excluding hydrogens is 450 g/mol. The molecule has 7 nitrogen and oxygen atoms in total. The summed E-state index contributed by atoms with van der Waals surface area (Å²) in [6.07, 6.45) is 8.50. The van der Waals surface area contributed by atoms with Gasteiger partial charge in [-0.1, -0.05) is 49.6 Å². The van der Waals surface area contributed by atoms with Crippen molar-refractivity contribution in [2.75, 3.05) is 20.1 Å². The maximum Gasteiger partial charge on any atom is 0.242 e. The number of benzene rings is 1. The number of hydrogen-bond donors (Lipinski definition) is 2. The summed E-state index contributed by atoms with van der Waals surface area (Å²) in [5.74, 6) is -1.18. The zero-order valence-electron chi connectivity index (χ0n) is 21.4. The predicted octanol–water partition coefficient (Wildman–Crippen LogP) is 4.43. The Balaban J connectivity index is 1.82. The Labute approximate surface area is 214 Å². The van der Waals surface area contributed by atoms with Crippen LogP contribution < -0.4 is 5.32 Å². The van der Waals surface area contributed by atoms with Crippen LogP contribution in [0.2, 0.25) is 0 Å². The van der Waals surface area contributed by atoms with Crippen LogP contribution in [0.25, 0.3) is 0 Å². The van der Waals surface area contributed by atoms with Crippen molar-refractivity contribution in [3.05, 3.63) is 59.9 Å². The third-order valence-corrected chi connectivity index (χ3v) is 7.84. The number of nitrogens with one attached hydrogen (secondary N) is 2. The lowest BCUT2D eigenvalue weighted by Gasteiger charge is -2.40. The molecular formula is C29H37N5O2. The number of amides is 2. The fraction of sp³-hybridized carbons (Fsp3) is 0.517. The predicted molar refractivity (Wildman–Crippen MR) is 140 cm³/mol. The molecule has 1 saturated carbocycles. The number of nitrogens with zero attached hydrogens (tertiary/aromatic N) is 3. The van der Waals surface area contributed by atoms with Gasteiger partial charge < -0.3 is 15.2 Å². The number of nitriles is 1. The van der Waals surface area contributed by atoms with Gasteiger partial charge in [0.25, 0.3) is 0 Å². The summed E-state index contributed by atoms with van der Waals surface area (Å²) < 4.78 is 0. The number of aromatic nitrogens is 1. The lowest BCUT2D eigenvalue weighted by Crippen LogP contribution is -2.56. The molecule has 4 rings (SSSR count). The molecule has 2 amide bonds. The molecule has 2 fully saturated rings. The van der Waals surface area contributed by atoms with Crippen LogP contribution in [0.5, 0.6) is 0 Å². The topological polar surface area (TPSA) is 101 Å². The van der Waals surface area contributed by atoms with Crippen molar-refractivity contribution >= 4 is 17.5 Å². The first-order valence-electron chi connectivity index (χ1n) is 13.1. The summed E-state index contributed by atoms with van der Waals surface area (Å²) in [5, 5.41) is 13.3. The van der Waals surface area contributed by atoms with Gasteiger partial charge in [-0.05, 0) is 56.3 Å². The number of likely N-dealkylation sites (tertiary alicyclic amines) is 1. The van der Waals surface area contributed by atoms with E-state index in [9.17, 15) is 14.9 Å². The lowest BCUT2D eigenvalue weighted by atomic mass is 9.69. The molecule has 7 heteroatoms. The second-order valence-electron chi connectivity index (χ2n) is 10.4. The molecule has 2 unspecified atom stereocenters. The highest BCUT2D eigenvalue weighted by molar-refractivity contribution is 6.16. The number of carbonyl (C=O) groups is 2. The second kappa shape index (κ2) is 11.7. The quantitative estimate of drug-likeness (QED) is 0.564. The smallest absolute Gasteiger partial charge is 0.242 e. The zero-order chi connectivity index (χ0) is 25.5. The molecule has 0 radical (unpaired) electrons. The number of aromatic amines is 1. The highest BCUT2D eigenvalue weighted by atomic mass is 16.2. The van der Waals surface area contributed by atoms with E-state index < -0.39 is 11.5 Å². The van der Waals surface area contributed by atoms with Crippen molar-refractivity contribution in [3.63, 3.8) is 0 Å². The average molecular weight is 488 g/mol. The Kier molecular flexibility index (Phi) is 8.37. The van der Waals surface area contributed by atoms with E-state index in [1.54, 1.807) is 0 Å². The van der Waals surface area contributed by atoms with Gasteiger partial charge in [0.15, 0.2) is 0 Å². The first kappa shape index (κ1) is 25.8. The highest BCUT2D eigenvalue weighted by Gasteiger charge is 2.44. The molecule has 190 valence electrons. The van der Waals surface area contributed by atoms with Gasteiger partial charge in [0, 0.05) is 37.8 Å². The average Bonchev–Trinajstić information content (AvgIpc) is 3.43. The van der Waals surface area contributed by atoms with Gasteiger partial charge in [-0.3, -0.25) is 9.59 Å². The Bertz CT molecular complexity index is 1090. The molecule has 2 N–H and O–H groups in total. The second-order valence-corrected chi connectivity index (χ2v) is 10.4. The summed E-state index contributed by atoms with van der Waals surface area (Å²) in [7, 11) is 2.03. The molecule has 2 heterocycles. The summed E-state index contributed by atoms with van der Waals surface area (Å²) in [6, 6.07) is 15.9. The van der Waals surface area contributed by atoms with E-state index in [4.69, 9.17) is 0 Å². The van der Waals surface area contributed by atoms with Crippen LogP contribution in [-0.2, 0) is 9.59 Å². The number of H-pyrrole nitrogens is 1. The van der Waals surface area contributed by atoms with Gasteiger partial charge in [-0.15, -0.1) is 0 Å². The molecule has 0 bridgehead atoms. The Morgan fingerprint density at radius 2 is 1.81 bits per heavy atom. The van der Waals surface area contributed by atoms with E-state index in [0.29, 0.717) is 18.6 Å². The minimum absolute atomic E-state index is 0.180. The van der Waals surface area contributed by atoms with E-state index in [1.165, 1.54) is 13.3 Å². The standard InChI is InChI=1S/C29H37N5O2/c1-21(35)32-27(23-12-7-4-8-13-23)26(28(36)33-29(20-30)15-18-34(2)19-16-29)25(24-14-9-17-31-24)22-10-5-3-6-11-22/h4,7-9,12-14,17,22,25-26,31H,3,5-6,10-11,15-16,18-19H2,1-2H3,(H,33,36). The summed E-state index contributed by atoms with van der Waals surface area (Å²) in [6.45, 7) is 2.92. The van der Waals surface area contributed by atoms with Gasteiger partial charge in [-0.2, -0.15) is 5.26 Å². The summed E-state index contributed by atoms with van der Waals surface area (Å²) >= 11 is 0. The number of rotatable bonds is 7. The third kappa shape index (κ3) is 5.93. The highest BCUT2D eigenvalue weighted by Crippen LogP contribution is 2.42. The third-order valence-electron chi connectivity index (χ3n) is 7.84. The van der Waals surface area contributed by atoms with Crippen molar-refractivity contribution in [2.24, 2.45) is 16.8 Å². The fourth-order valence-electron chi connectivity index (χ4n) is 5.88. The Morgan fingerprint density at radius 3 is 2.39 bits per heavy atom. The SMILES string of the molecule is CC(=O)N=C(c1ccccc1)C(C(=O)NC1(C#N)CCN(C)CC1)C(c1ccc[nH]1)C1CCCCC1.